The van der Waals surface area contributed by atoms with Gasteiger partial charge < -0.3 is 20.5 Å². The van der Waals surface area contributed by atoms with E-state index >= 15 is 0 Å². The van der Waals surface area contributed by atoms with Gasteiger partial charge >= 0.3 is 6.09 Å². The summed E-state index contributed by atoms with van der Waals surface area (Å²) >= 11 is 0. The topological polar surface area (TPSA) is 73.6 Å². The number of nitrogens with two attached hydrogens (primary N) is 1. The molecule has 3 N–H and O–H groups in total. The van der Waals surface area contributed by atoms with Crippen LogP contribution in [-0.4, -0.2) is 37.0 Å². The van der Waals surface area contributed by atoms with Gasteiger partial charge in [-0.2, -0.15) is 0 Å². The molecule has 1 rings (SSSR count). The minimum absolute atomic E-state index is 0.212. The van der Waals surface area contributed by atoms with Crippen LogP contribution in [-0.2, 0) is 9.47 Å². The van der Waals surface area contributed by atoms with Crippen molar-refractivity contribution in [2.75, 3.05) is 13.2 Å². The molecule has 0 aromatic heterocycles. The first-order valence-electron chi connectivity index (χ1n) is 7.22. The van der Waals surface area contributed by atoms with Gasteiger partial charge in [0.2, 0.25) is 0 Å². The maximum Gasteiger partial charge on any atom is 0.407 e. The molecule has 1 saturated carbocycles. The Kier molecular flexibility index (Phi) is 6.58. The van der Waals surface area contributed by atoms with Crippen molar-refractivity contribution in [1.29, 1.82) is 0 Å². The molecule has 19 heavy (non-hydrogen) atoms. The molecule has 0 bridgehead atoms. The third kappa shape index (κ3) is 7.38. The molecule has 0 aromatic rings. The highest BCUT2D eigenvalue weighted by atomic mass is 16.6. The summed E-state index contributed by atoms with van der Waals surface area (Å²) in [6.07, 6.45) is 4.80. The summed E-state index contributed by atoms with van der Waals surface area (Å²) in [6, 6.07) is 0.212. The van der Waals surface area contributed by atoms with E-state index < -0.39 is 5.60 Å². The molecule has 0 aromatic carbocycles. The van der Waals surface area contributed by atoms with E-state index in [9.17, 15) is 4.79 Å². The normalized spacial score (nSPS) is 24.0. The van der Waals surface area contributed by atoms with Crippen LogP contribution in [0.1, 0.15) is 52.9 Å². The molecule has 0 atom stereocenters. The second-order valence-corrected chi connectivity index (χ2v) is 6.13. The van der Waals surface area contributed by atoms with Crippen molar-refractivity contribution in [3.63, 3.8) is 0 Å². The fourth-order valence-corrected chi connectivity index (χ4v) is 2.18. The molecular weight excluding hydrogens is 244 g/mol. The van der Waals surface area contributed by atoms with Crippen LogP contribution in [0.4, 0.5) is 4.79 Å². The number of carbonyl (C=O) groups is 1. The summed E-state index contributed by atoms with van der Waals surface area (Å²) in [5, 5.41) is 2.93. The minimum Gasteiger partial charge on any atom is -0.444 e. The summed E-state index contributed by atoms with van der Waals surface area (Å²) in [7, 11) is 0. The highest BCUT2D eigenvalue weighted by Crippen LogP contribution is 2.21. The third-order valence-electron chi connectivity index (χ3n) is 3.10. The highest BCUT2D eigenvalue weighted by Gasteiger charge is 2.24. The maximum atomic E-state index is 11.6. The lowest BCUT2D eigenvalue weighted by molar-refractivity contribution is 0.0176. The Morgan fingerprint density at radius 2 is 1.89 bits per heavy atom. The lowest BCUT2D eigenvalue weighted by atomic mass is 9.93. The highest BCUT2D eigenvalue weighted by molar-refractivity contribution is 5.68. The van der Waals surface area contributed by atoms with Crippen molar-refractivity contribution in [3.8, 4) is 0 Å². The van der Waals surface area contributed by atoms with Crippen LogP contribution in [0, 0.1) is 0 Å². The zero-order chi connectivity index (χ0) is 14.3. The Hall–Kier alpha value is -0.810. The average Bonchev–Trinajstić information content (AvgIpc) is 2.29. The smallest absolute Gasteiger partial charge is 0.407 e. The van der Waals surface area contributed by atoms with E-state index in [1.54, 1.807) is 0 Å². The minimum atomic E-state index is -0.438. The monoisotopic (exact) mass is 272 g/mol. The first-order valence-corrected chi connectivity index (χ1v) is 7.22. The van der Waals surface area contributed by atoms with E-state index in [0.717, 1.165) is 38.7 Å². The standard InChI is InChI=1S/C14H28N2O3/c1-14(2,3)19-13(17)16-11-5-7-12(8-6-11)18-10-4-9-15/h11-12H,4-10,15H2,1-3H3,(H,16,17). The zero-order valence-corrected chi connectivity index (χ0v) is 12.4. The number of hydrogen-bond donors (Lipinski definition) is 2. The van der Waals surface area contributed by atoms with Gasteiger partial charge in [0.25, 0.3) is 0 Å². The SMILES string of the molecule is CC(C)(C)OC(=O)NC1CCC(OCCCN)CC1. The molecule has 1 amide bonds. The number of rotatable bonds is 5. The number of amides is 1. The summed E-state index contributed by atoms with van der Waals surface area (Å²) in [4.78, 5) is 11.6. The zero-order valence-electron chi connectivity index (χ0n) is 12.4. The average molecular weight is 272 g/mol. The number of hydrogen-bond acceptors (Lipinski definition) is 4. The molecular formula is C14H28N2O3. The summed E-state index contributed by atoms with van der Waals surface area (Å²) in [5.74, 6) is 0. The van der Waals surface area contributed by atoms with Crippen molar-refractivity contribution in [2.45, 2.75) is 70.6 Å². The van der Waals surface area contributed by atoms with Crippen LogP contribution in [0.5, 0.6) is 0 Å². The van der Waals surface area contributed by atoms with Gasteiger partial charge in [0, 0.05) is 12.6 Å². The molecule has 0 saturated heterocycles. The van der Waals surface area contributed by atoms with Gasteiger partial charge in [-0.3, -0.25) is 0 Å². The first-order chi connectivity index (χ1) is 8.90. The molecule has 1 aliphatic rings. The summed E-state index contributed by atoms with van der Waals surface area (Å²) in [6.45, 7) is 7.03. The molecule has 5 nitrogen and oxygen atoms in total. The van der Waals surface area contributed by atoms with E-state index in [1.807, 2.05) is 20.8 Å². The predicted molar refractivity (Wildman–Crippen MR) is 75.0 cm³/mol. The van der Waals surface area contributed by atoms with E-state index in [2.05, 4.69) is 5.32 Å². The van der Waals surface area contributed by atoms with Gasteiger partial charge in [0.15, 0.2) is 0 Å². The Morgan fingerprint density at radius 1 is 1.26 bits per heavy atom. The van der Waals surface area contributed by atoms with Gasteiger partial charge in [-0.15, -0.1) is 0 Å². The number of carbonyl (C=O) groups excluding carboxylic acids is 1. The fraction of sp³-hybridized carbons (Fsp3) is 0.929. The number of alkyl carbamates (subject to hydrolysis) is 1. The van der Waals surface area contributed by atoms with Crippen LogP contribution in [0.25, 0.3) is 0 Å². The second-order valence-electron chi connectivity index (χ2n) is 6.13. The lowest BCUT2D eigenvalue weighted by Gasteiger charge is -2.30. The summed E-state index contributed by atoms with van der Waals surface area (Å²) in [5.41, 5.74) is 4.99. The second kappa shape index (κ2) is 7.70. The van der Waals surface area contributed by atoms with Crippen LogP contribution >= 0.6 is 0 Å². The molecule has 5 heteroatoms. The fourth-order valence-electron chi connectivity index (χ4n) is 2.18. The molecule has 112 valence electrons. The van der Waals surface area contributed by atoms with Crippen LogP contribution in [0.2, 0.25) is 0 Å². The van der Waals surface area contributed by atoms with Crippen LogP contribution in [0.15, 0.2) is 0 Å². The first kappa shape index (κ1) is 16.2. The van der Waals surface area contributed by atoms with Crippen LogP contribution in [0.3, 0.4) is 0 Å². The van der Waals surface area contributed by atoms with Crippen molar-refractivity contribution < 1.29 is 14.3 Å². The molecule has 1 aliphatic carbocycles. The molecule has 0 radical (unpaired) electrons. The molecule has 0 aliphatic heterocycles. The lowest BCUT2D eigenvalue weighted by Crippen LogP contribution is -2.41. The van der Waals surface area contributed by atoms with Crippen molar-refractivity contribution in [3.05, 3.63) is 0 Å². The van der Waals surface area contributed by atoms with E-state index in [1.165, 1.54) is 0 Å². The molecule has 0 unspecified atom stereocenters. The van der Waals surface area contributed by atoms with Gasteiger partial charge in [0.1, 0.15) is 5.60 Å². The molecule has 0 heterocycles. The van der Waals surface area contributed by atoms with E-state index in [4.69, 9.17) is 15.2 Å². The Labute approximate surface area is 116 Å². The Bertz CT molecular complexity index is 268. The Balaban J connectivity index is 2.17. The van der Waals surface area contributed by atoms with E-state index in [0.29, 0.717) is 12.6 Å². The maximum absolute atomic E-state index is 11.6. The molecule has 0 spiro atoms. The largest absolute Gasteiger partial charge is 0.444 e. The quantitative estimate of drug-likeness (QED) is 0.752. The van der Waals surface area contributed by atoms with Crippen molar-refractivity contribution in [2.24, 2.45) is 5.73 Å². The Morgan fingerprint density at radius 3 is 2.42 bits per heavy atom. The number of nitrogens with one attached hydrogen (secondary N) is 1. The van der Waals surface area contributed by atoms with Crippen LogP contribution < -0.4 is 11.1 Å². The van der Waals surface area contributed by atoms with Gasteiger partial charge in [0.05, 0.1) is 6.10 Å². The van der Waals surface area contributed by atoms with Crippen molar-refractivity contribution >= 4 is 6.09 Å². The van der Waals surface area contributed by atoms with E-state index in [-0.39, 0.29) is 12.1 Å². The number of ether oxygens (including phenoxy) is 2. The molecule has 1 fully saturated rings. The van der Waals surface area contributed by atoms with Gasteiger partial charge in [-0.1, -0.05) is 0 Å². The van der Waals surface area contributed by atoms with Crippen molar-refractivity contribution in [1.82, 2.24) is 5.32 Å². The third-order valence-corrected chi connectivity index (χ3v) is 3.10. The van der Waals surface area contributed by atoms with Gasteiger partial charge in [-0.25, -0.2) is 4.79 Å². The van der Waals surface area contributed by atoms with Gasteiger partial charge in [-0.05, 0) is 59.4 Å². The summed E-state index contributed by atoms with van der Waals surface area (Å²) < 4.78 is 11.0. The predicted octanol–water partition coefficient (Wildman–Crippen LogP) is 2.19.